The van der Waals surface area contributed by atoms with Crippen LogP contribution in [0.2, 0.25) is 0 Å². The first-order valence-electron chi connectivity index (χ1n) is 9.41. The molecule has 152 valence electrons. The van der Waals surface area contributed by atoms with Gasteiger partial charge in [-0.2, -0.15) is 0 Å². The number of halogens is 2. The lowest BCUT2D eigenvalue weighted by Gasteiger charge is -2.16. The molecule has 0 saturated carbocycles. The molecule has 4 aromatic rings. The highest BCUT2D eigenvalue weighted by molar-refractivity contribution is 7.98. The van der Waals surface area contributed by atoms with Crippen LogP contribution in [0.4, 0.5) is 8.78 Å². The van der Waals surface area contributed by atoms with E-state index in [4.69, 9.17) is 0 Å². The molecule has 4 nitrogen and oxygen atoms in total. The zero-order chi connectivity index (χ0) is 21.1. The number of imidazole rings is 1. The minimum Gasteiger partial charge on any atom is -0.345 e. The van der Waals surface area contributed by atoms with Crippen molar-refractivity contribution in [2.75, 3.05) is 0 Å². The summed E-state index contributed by atoms with van der Waals surface area (Å²) >= 11 is 1.52. The topological polar surface area (TPSA) is 46.4 Å². The van der Waals surface area contributed by atoms with E-state index in [0.717, 1.165) is 28.4 Å². The molecule has 0 radical (unpaired) electrons. The quantitative estimate of drug-likeness (QED) is 0.423. The molecule has 0 saturated heterocycles. The Balaban J connectivity index is 1.47. The van der Waals surface area contributed by atoms with Crippen molar-refractivity contribution in [1.29, 1.82) is 0 Å². The standard InChI is InChI=1S/C23H19F2N3OS/c1-15(16-9-10-19(24)20(25)12-16)26-23(29)18-6-2-3-7-21(18)30-14-17-13-28-11-5-4-8-22(28)27-17/h2-13,15H,14H2,1H3,(H,26,29). The molecule has 0 fully saturated rings. The summed E-state index contributed by atoms with van der Waals surface area (Å²) in [4.78, 5) is 18.2. The van der Waals surface area contributed by atoms with E-state index in [0.29, 0.717) is 16.9 Å². The molecule has 0 aliphatic heterocycles. The third-order valence-corrected chi connectivity index (χ3v) is 5.82. The van der Waals surface area contributed by atoms with Gasteiger partial charge < -0.3 is 9.72 Å². The van der Waals surface area contributed by atoms with E-state index in [9.17, 15) is 13.6 Å². The number of rotatable bonds is 6. The summed E-state index contributed by atoms with van der Waals surface area (Å²) in [6.45, 7) is 1.73. The van der Waals surface area contributed by atoms with Crippen LogP contribution in [0.3, 0.4) is 0 Å². The van der Waals surface area contributed by atoms with Gasteiger partial charge in [0.15, 0.2) is 11.6 Å². The Labute approximate surface area is 177 Å². The van der Waals surface area contributed by atoms with Gasteiger partial charge in [-0.05, 0) is 48.9 Å². The van der Waals surface area contributed by atoms with Gasteiger partial charge >= 0.3 is 0 Å². The molecule has 0 aliphatic rings. The summed E-state index contributed by atoms with van der Waals surface area (Å²) in [5.41, 5.74) is 2.81. The predicted molar refractivity (Wildman–Crippen MR) is 113 cm³/mol. The van der Waals surface area contributed by atoms with Crippen molar-refractivity contribution >= 4 is 23.3 Å². The van der Waals surface area contributed by atoms with E-state index >= 15 is 0 Å². The summed E-state index contributed by atoms with van der Waals surface area (Å²) < 4.78 is 28.6. The van der Waals surface area contributed by atoms with E-state index in [1.54, 1.807) is 19.1 Å². The largest absolute Gasteiger partial charge is 0.345 e. The van der Waals surface area contributed by atoms with E-state index in [1.807, 2.05) is 47.1 Å². The molecule has 1 amide bonds. The lowest BCUT2D eigenvalue weighted by atomic mass is 10.1. The van der Waals surface area contributed by atoms with Crippen LogP contribution in [0.25, 0.3) is 5.65 Å². The van der Waals surface area contributed by atoms with Crippen LogP contribution in [-0.4, -0.2) is 15.3 Å². The summed E-state index contributed by atoms with van der Waals surface area (Å²) in [6, 6.07) is 16.3. The summed E-state index contributed by atoms with van der Waals surface area (Å²) in [5, 5.41) is 2.86. The molecule has 0 aliphatic carbocycles. The maximum atomic E-state index is 13.5. The number of thioether (sulfide) groups is 1. The maximum Gasteiger partial charge on any atom is 0.252 e. The summed E-state index contributed by atoms with van der Waals surface area (Å²) in [5.74, 6) is -1.50. The molecule has 1 N–H and O–H groups in total. The SMILES string of the molecule is CC(NC(=O)c1ccccc1SCc1cn2ccccc2n1)c1ccc(F)c(F)c1. The number of pyridine rings is 1. The van der Waals surface area contributed by atoms with Crippen molar-refractivity contribution in [3.05, 3.63) is 102 Å². The zero-order valence-electron chi connectivity index (χ0n) is 16.2. The normalized spacial score (nSPS) is 12.1. The monoisotopic (exact) mass is 423 g/mol. The number of nitrogens with zero attached hydrogens (tertiary/aromatic N) is 2. The zero-order valence-corrected chi connectivity index (χ0v) is 17.0. The molecular formula is C23H19F2N3OS. The Bertz CT molecular complexity index is 1180. The number of benzene rings is 2. The lowest BCUT2D eigenvalue weighted by molar-refractivity contribution is 0.0937. The third kappa shape index (κ3) is 4.36. The van der Waals surface area contributed by atoms with Gasteiger partial charge in [0.05, 0.1) is 17.3 Å². The number of fused-ring (bicyclic) bond motifs is 1. The van der Waals surface area contributed by atoms with Crippen molar-refractivity contribution in [1.82, 2.24) is 14.7 Å². The molecule has 2 aromatic carbocycles. The van der Waals surface area contributed by atoms with E-state index < -0.39 is 17.7 Å². The van der Waals surface area contributed by atoms with Gasteiger partial charge in [0, 0.05) is 23.0 Å². The fraction of sp³-hybridized carbons (Fsp3) is 0.130. The number of amides is 1. The van der Waals surface area contributed by atoms with Gasteiger partial charge in [0.2, 0.25) is 0 Å². The van der Waals surface area contributed by atoms with Crippen LogP contribution in [0.5, 0.6) is 0 Å². The van der Waals surface area contributed by atoms with Gasteiger partial charge in [-0.15, -0.1) is 11.8 Å². The molecule has 7 heteroatoms. The molecule has 4 rings (SSSR count). The van der Waals surface area contributed by atoms with Crippen molar-refractivity contribution in [3.63, 3.8) is 0 Å². The number of hydrogen-bond donors (Lipinski definition) is 1. The molecule has 0 bridgehead atoms. The molecule has 0 spiro atoms. The van der Waals surface area contributed by atoms with Crippen LogP contribution in [0.15, 0.2) is 78.0 Å². The average Bonchev–Trinajstić information content (AvgIpc) is 3.17. The Morgan fingerprint density at radius 2 is 1.90 bits per heavy atom. The van der Waals surface area contributed by atoms with Gasteiger partial charge in [0.1, 0.15) is 5.65 Å². The highest BCUT2D eigenvalue weighted by Gasteiger charge is 2.16. The molecule has 2 aromatic heterocycles. The molecular weight excluding hydrogens is 404 g/mol. The van der Waals surface area contributed by atoms with E-state index in [2.05, 4.69) is 10.3 Å². The van der Waals surface area contributed by atoms with Gasteiger partial charge in [-0.3, -0.25) is 4.79 Å². The first-order chi connectivity index (χ1) is 14.5. The minimum absolute atomic E-state index is 0.273. The van der Waals surface area contributed by atoms with Crippen molar-refractivity contribution in [2.45, 2.75) is 23.6 Å². The fourth-order valence-electron chi connectivity index (χ4n) is 3.13. The summed E-state index contributed by atoms with van der Waals surface area (Å²) in [6.07, 6.45) is 3.91. The smallest absolute Gasteiger partial charge is 0.252 e. The summed E-state index contributed by atoms with van der Waals surface area (Å²) in [7, 11) is 0. The molecule has 1 unspecified atom stereocenters. The Kier molecular flexibility index (Phi) is 5.81. The van der Waals surface area contributed by atoms with Crippen LogP contribution in [0, 0.1) is 11.6 Å². The highest BCUT2D eigenvalue weighted by Crippen LogP contribution is 2.27. The minimum atomic E-state index is -0.933. The van der Waals surface area contributed by atoms with Crippen LogP contribution >= 0.6 is 11.8 Å². The number of aromatic nitrogens is 2. The number of carbonyl (C=O) groups is 1. The van der Waals surface area contributed by atoms with Crippen LogP contribution in [0.1, 0.15) is 34.6 Å². The third-order valence-electron chi connectivity index (χ3n) is 4.71. The number of nitrogens with one attached hydrogen (secondary N) is 1. The van der Waals surface area contributed by atoms with Gasteiger partial charge in [-0.1, -0.05) is 24.3 Å². The fourth-order valence-corrected chi connectivity index (χ4v) is 4.06. The molecule has 30 heavy (non-hydrogen) atoms. The van der Waals surface area contributed by atoms with Crippen molar-refractivity contribution in [3.8, 4) is 0 Å². The van der Waals surface area contributed by atoms with E-state index in [-0.39, 0.29) is 5.91 Å². The molecule has 2 heterocycles. The highest BCUT2D eigenvalue weighted by atomic mass is 32.2. The lowest BCUT2D eigenvalue weighted by Crippen LogP contribution is -2.27. The first kappa shape index (κ1) is 20.1. The predicted octanol–water partition coefficient (Wildman–Crippen LogP) is 5.40. The second-order valence-corrected chi connectivity index (χ2v) is 7.87. The first-order valence-corrected chi connectivity index (χ1v) is 10.4. The Hall–Kier alpha value is -3.19. The number of carbonyl (C=O) groups excluding carboxylic acids is 1. The van der Waals surface area contributed by atoms with Crippen LogP contribution < -0.4 is 5.32 Å². The van der Waals surface area contributed by atoms with Gasteiger partial charge in [-0.25, -0.2) is 13.8 Å². The maximum absolute atomic E-state index is 13.5. The second kappa shape index (κ2) is 8.67. The van der Waals surface area contributed by atoms with Gasteiger partial charge in [0.25, 0.3) is 5.91 Å². The number of hydrogen-bond acceptors (Lipinski definition) is 3. The van der Waals surface area contributed by atoms with Crippen LogP contribution in [-0.2, 0) is 5.75 Å². The van der Waals surface area contributed by atoms with Crippen molar-refractivity contribution < 1.29 is 13.6 Å². The average molecular weight is 423 g/mol. The van der Waals surface area contributed by atoms with E-state index in [1.165, 1.54) is 17.8 Å². The molecule has 1 atom stereocenters. The Morgan fingerprint density at radius 3 is 2.70 bits per heavy atom. The van der Waals surface area contributed by atoms with Crippen molar-refractivity contribution in [2.24, 2.45) is 0 Å². The second-order valence-electron chi connectivity index (χ2n) is 6.85. The Morgan fingerprint density at radius 1 is 1.10 bits per heavy atom.